The van der Waals surface area contributed by atoms with Gasteiger partial charge in [-0.05, 0) is 36.8 Å². The number of para-hydroxylation sites is 1. The van der Waals surface area contributed by atoms with Crippen LogP contribution in [0.5, 0.6) is 5.75 Å². The number of thiazole rings is 1. The average Bonchev–Trinajstić information content (AvgIpc) is 3.30. The second kappa shape index (κ2) is 8.21. The van der Waals surface area contributed by atoms with Gasteiger partial charge in [0.05, 0.1) is 33.9 Å². The highest BCUT2D eigenvalue weighted by molar-refractivity contribution is 7.18. The van der Waals surface area contributed by atoms with E-state index in [9.17, 15) is 9.59 Å². The second-order valence-electron chi connectivity index (χ2n) is 7.20. The van der Waals surface area contributed by atoms with Gasteiger partial charge in [0.1, 0.15) is 5.75 Å². The van der Waals surface area contributed by atoms with Gasteiger partial charge < -0.3 is 15.0 Å². The van der Waals surface area contributed by atoms with Gasteiger partial charge in [-0.3, -0.25) is 9.59 Å². The van der Waals surface area contributed by atoms with Gasteiger partial charge in [0, 0.05) is 25.9 Å². The monoisotopic (exact) mass is 409 g/mol. The molecule has 0 bridgehead atoms. The fourth-order valence-electron chi connectivity index (χ4n) is 3.59. The van der Waals surface area contributed by atoms with Crippen LogP contribution in [0.3, 0.4) is 0 Å². The molecule has 1 N–H and O–H groups in total. The number of nitrogens with one attached hydrogen (secondary N) is 1. The molecule has 0 aliphatic carbocycles. The lowest BCUT2D eigenvalue weighted by Crippen LogP contribution is -2.34. The first-order valence-corrected chi connectivity index (χ1v) is 10.4. The quantitative estimate of drug-likeness (QED) is 0.678. The van der Waals surface area contributed by atoms with Crippen molar-refractivity contribution in [1.29, 1.82) is 0 Å². The fourth-order valence-corrected chi connectivity index (χ4v) is 4.56. The van der Waals surface area contributed by atoms with Gasteiger partial charge in [-0.2, -0.15) is 0 Å². The van der Waals surface area contributed by atoms with Crippen molar-refractivity contribution in [3.8, 4) is 5.75 Å². The summed E-state index contributed by atoms with van der Waals surface area (Å²) in [6, 6.07) is 13.7. The minimum atomic E-state index is -0.358. The number of aromatic nitrogens is 1. The van der Waals surface area contributed by atoms with Crippen LogP contribution in [0.15, 0.2) is 42.5 Å². The SMILES string of the molecule is COc1ccc(C)cc1N1CC(C(=O)NCCc2nc3ccccc3s2)CC1=O. The number of aryl methyl sites for hydroxylation is 1. The lowest BCUT2D eigenvalue weighted by Gasteiger charge is -2.20. The van der Waals surface area contributed by atoms with E-state index in [1.807, 2.05) is 49.4 Å². The van der Waals surface area contributed by atoms with Crippen molar-refractivity contribution in [2.45, 2.75) is 19.8 Å². The number of amides is 2. The highest BCUT2D eigenvalue weighted by Crippen LogP contribution is 2.34. The third-order valence-corrected chi connectivity index (χ3v) is 6.19. The molecule has 0 spiro atoms. The first-order chi connectivity index (χ1) is 14.0. The Bertz CT molecular complexity index is 1030. The lowest BCUT2D eigenvalue weighted by molar-refractivity contribution is -0.126. The fraction of sp³-hybridized carbons (Fsp3) is 0.318. The first-order valence-electron chi connectivity index (χ1n) is 9.62. The standard InChI is InChI=1S/C22H23N3O3S/c1-14-7-8-18(28-2)17(11-14)25-13-15(12-21(25)26)22(27)23-10-9-20-24-16-5-3-4-6-19(16)29-20/h3-8,11,15H,9-10,12-13H2,1-2H3,(H,23,27). The van der Waals surface area contributed by atoms with Gasteiger partial charge in [0.15, 0.2) is 0 Å². The number of methoxy groups -OCH3 is 1. The number of anilines is 1. The predicted molar refractivity (Wildman–Crippen MR) is 115 cm³/mol. The summed E-state index contributed by atoms with van der Waals surface area (Å²) < 4.78 is 6.55. The number of hydrogen-bond acceptors (Lipinski definition) is 5. The third kappa shape index (κ3) is 4.10. The Kier molecular flexibility index (Phi) is 5.49. The van der Waals surface area contributed by atoms with Crippen LogP contribution in [0, 0.1) is 12.8 Å². The van der Waals surface area contributed by atoms with E-state index < -0.39 is 0 Å². The van der Waals surface area contributed by atoms with Crippen molar-refractivity contribution < 1.29 is 14.3 Å². The van der Waals surface area contributed by atoms with Crippen LogP contribution in [0.25, 0.3) is 10.2 Å². The average molecular weight is 410 g/mol. The molecule has 1 fully saturated rings. The van der Waals surface area contributed by atoms with E-state index in [4.69, 9.17) is 4.74 Å². The van der Waals surface area contributed by atoms with Crippen LogP contribution >= 0.6 is 11.3 Å². The molecular weight excluding hydrogens is 386 g/mol. The highest BCUT2D eigenvalue weighted by Gasteiger charge is 2.36. The zero-order valence-electron chi connectivity index (χ0n) is 16.5. The Balaban J connectivity index is 1.36. The van der Waals surface area contributed by atoms with Crippen LogP contribution < -0.4 is 15.0 Å². The third-order valence-electron chi connectivity index (χ3n) is 5.10. The van der Waals surface area contributed by atoms with Gasteiger partial charge in [-0.15, -0.1) is 11.3 Å². The lowest BCUT2D eigenvalue weighted by atomic mass is 10.1. The van der Waals surface area contributed by atoms with Crippen LogP contribution in [0.1, 0.15) is 17.0 Å². The Morgan fingerprint density at radius 3 is 2.93 bits per heavy atom. The summed E-state index contributed by atoms with van der Waals surface area (Å²) in [5.41, 5.74) is 2.75. The Morgan fingerprint density at radius 2 is 2.14 bits per heavy atom. The van der Waals surface area contributed by atoms with E-state index in [0.717, 1.165) is 26.5 Å². The highest BCUT2D eigenvalue weighted by atomic mass is 32.1. The first kappa shape index (κ1) is 19.4. The van der Waals surface area contributed by atoms with Crippen LogP contribution in [-0.4, -0.2) is 37.0 Å². The van der Waals surface area contributed by atoms with Gasteiger partial charge in [-0.25, -0.2) is 4.98 Å². The van der Waals surface area contributed by atoms with E-state index in [0.29, 0.717) is 25.3 Å². The Hall–Kier alpha value is -2.93. The molecule has 1 atom stereocenters. The number of ether oxygens (including phenoxy) is 1. The van der Waals surface area contributed by atoms with E-state index in [1.54, 1.807) is 23.3 Å². The number of carbonyl (C=O) groups is 2. The minimum absolute atomic E-state index is 0.0553. The van der Waals surface area contributed by atoms with Crippen molar-refractivity contribution in [2.24, 2.45) is 5.92 Å². The number of nitrogens with zero attached hydrogens (tertiary/aromatic N) is 2. The number of benzene rings is 2. The second-order valence-corrected chi connectivity index (χ2v) is 8.31. The molecule has 1 aliphatic heterocycles. The van der Waals surface area contributed by atoms with E-state index >= 15 is 0 Å². The molecule has 3 aromatic rings. The Morgan fingerprint density at radius 1 is 1.31 bits per heavy atom. The summed E-state index contributed by atoms with van der Waals surface area (Å²) in [6.07, 6.45) is 0.894. The smallest absolute Gasteiger partial charge is 0.227 e. The molecule has 1 aromatic heterocycles. The molecule has 1 aliphatic rings. The van der Waals surface area contributed by atoms with Crippen molar-refractivity contribution in [1.82, 2.24) is 10.3 Å². The maximum Gasteiger partial charge on any atom is 0.227 e. The maximum atomic E-state index is 12.6. The van der Waals surface area contributed by atoms with Crippen molar-refractivity contribution in [3.05, 3.63) is 53.0 Å². The van der Waals surface area contributed by atoms with Crippen molar-refractivity contribution in [2.75, 3.05) is 25.1 Å². The molecule has 4 rings (SSSR count). The summed E-state index contributed by atoms with van der Waals surface area (Å²) in [6.45, 7) is 2.85. The van der Waals surface area contributed by atoms with Crippen LogP contribution in [-0.2, 0) is 16.0 Å². The molecule has 1 unspecified atom stereocenters. The number of hydrogen-bond donors (Lipinski definition) is 1. The maximum absolute atomic E-state index is 12.6. The van der Waals surface area contributed by atoms with E-state index in [1.165, 1.54) is 0 Å². The molecule has 29 heavy (non-hydrogen) atoms. The summed E-state index contributed by atoms with van der Waals surface area (Å²) in [5, 5.41) is 3.97. The van der Waals surface area contributed by atoms with Gasteiger partial charge in [0.25, 0.3) is 0 Å². The molecular formula is C22H23N3O3S. The molecule has 1 saturated heterocycles. The predicted octanol–water partition coefficient (Wildman–Crippen LogP) is 3.33. The molecule has 150 valence electrons. The molecule has 6 nitrogen and oxygen atoms in total. The molecule has 2 heterocycles. The molecule has 0 radical (unpaired) electrons. The number of fused-ring (bicyclic) bond motifs is 1. The zero-order chi connectivity index (χ0) is 20.4. The van der Waals surface area contributed by atoms with E-state index in [-0.39, 0.29) is 24.2 Å². The summed E-state index contributed by atoms with van der Waals surface area (Å²) in [7, 11) is 1.58. The summed E-state index contributed by atoms with van der Waals surface area (Å²) in [5.74, 6) is 0.137. The number of carbonyl (C=O) groups excluding carboxylic acids is 2. The van der Waals surface area contributed by atoms with Gasteiger partial charge in [-0.1, -0.05) is 18.2 Å². The topological polar surface area (TPSA) is 71.5 Å². The van der Waals surface area contributed by atoms with Crippen LogP contribution in [0.2, 0.25) is 0 Å². The molecule has 0 saturated carbocycles. The van der Waals surface area contributed by atoms with E-state index in [2.05, 4.69) is 10.3 Å². The zero-order valence-corrected chi connectivity index (χ0v) is 17.3. The Labute approximate surface area is 173 Å². The number of rotatable bonds is 6. The van der Waals surface area contributed by atoms with Gasteiger partial charge in [0.2, 0.25) is 11.8 Å². The largest absolute Gasteiger partial charge is 0.495 e. The minimum Gasteiger partial charge on any atom is -0.495 e. The summed E-state index contributed by atoms with van der Waals surface area (Å²) in [4.78, 5) is 31.4. The van der Waals surface area contributed by atoms with Crippen molar-refractivity contribution >= 4 is 39.1 Å². The van der Waals surface area contributed by atoms with Crippen molar-refractivity contribution in [3.63, 3.8) is 0 Å². The molecule has 2 aromatic carbocycles. The molecule has 7 heteroatoms. The van der Waals surface area contributed by atoms with Gasteiger partial charge >= 0.3 is 0 Å². The normalized spacial score (nSPS) is 16.4. The summed E-state index contributed by atoms with van der Waals surface area (Å²) >= 11 is 1.65. The van der Waals surface area contributed by atoms with Crippen LogP contribution in [0.4, 0.5) is 5.69 Å². The molecule has 2 amide bonds.